The summed E-state index contributed by atoms with van der Waals surface area (Å²) < 4.78 is 13.0. The van der Waals surface area contributed by atoms with E-state index in [4.69, 9.17) is 0 Å². The van der Waals surface area contributed by atoms with Gasteiger partial charge in [0.05, 0.1) is 5.41 Å². The third kappa shape index (κ3) is 3.77. The smallest absolute Gasteiger partial charge is 0.310 e. The van der Waals surface area contributed by atoms with Crippen LogP contribution in [0.3, 0.4) is 0 Å². The van der Waals surface area contributed by atoms with Gasteiger partial charge in [-0.25, -0.2) is 4.39 Å². The van der Waals surface area contributed by atoms with Gasteiger partial charge in [-0.05, 0) is 43.0 Å². The SMILES string of the molecule is CCC(CC)(CNCc1ccc(F)cc1C)C(=O)O. The fourth-order valence-corrected chi connectivity index (χ4v) is 2.17. The Labute approximate surface area is 113 Å². The quantitative estimate of drug-likeness (QED) is 0.798. The minimum Gasteiger partial charge on any atom is -0.481 e. The van der Waals surface area contributed by atoms with Crippen LogP contribution in [0.1, 0.15) is 37.8 Å². The Balaban J connectivity index is 2.64. The zero-order valence-corrected chi connectivity index (χ0v) is 11.8. The second-order valence-electron chi connectivity index (χ2n) is 4.97. The van der Waals surface area contributed by atoms with Gasteiger partial charge in [-0.2, -0.15) is 0 Å². The van der Waals surface area contributed by atoms with Crippen molar-refractivity contribution < 1.29 is 14.3 Å². The van der Waals surface area contributed by atoms with Crippen LogP contribution in [0.15, 0.2) is 18.2 Å². The molecule has 0 heterocycles. The van der Waals surface area contributed by atoms with E-state index in [0.717, 1.165) is 11.1 Å². The molecule has 0 spiro atoms. The molecule has 0 amide bonds. The Morgan fingerprint density at radius 3 is 2.47 bits per heavy atom. The lowest BCUT2D eigenvalue weighted by molar-refractivity contribution is -0.149. The summed E-state index contributed by atoms with van der Waals surface area (Å²) >= 11 is 0. The molecule has 0 aromatic heterocycles. The summed E-state index contributed by atoms with van der Waals surface area (Å²) in [6.45, 7) is 6.61. The Morgan fingerprint density at radius 2 is 2.00 bits per heavy atom. The van der Waals surface area contributed by atoms with Crippen molar-refractivity contribution in [3.8, 4) is 0 Å². The summed E-state index contributed by atoms with van der Waals surface area (Å²) in [5, 5.41) is 12.5. The summed E-state index contributed by atoms with van der Waals surface area (Å²) in [4.78, 5) is 11.3. The standard InChI is InChI=1S/C15H22FNO2/c1-4-15(5-2,14(18)19)10-17-9-12-6-7-13(16)8-11(12)3/h6-8,17H,4-5,9-10H2,1-3H3,(H,18,19). The van der Waals surface area contributed by atoms with Crippen LogP contribution >= 0.6 is 0 Å². The summed E-state index contributed by atoms with van der Waals surface area (Å²) in [6.07, 6.45) is 1.18. The van der Waals surface area contributed by atoms with Crippen molar-refractivity contribution in [3.63, 3.8) is 0 Å². The van der Waals surface area contributed by atoms with Gasteiger partial charge >= 0.3 is 5.97 Å². The zero-order valence-electron chi connectivity index (χ0n) is 11.8. The van der Waals surface area contributed by atoms with Crippen molar-refractivity contribution in [2.24, 2.45) is 5.41 Å². The molecule has 0 fully saturated rings. The van der Waals surface area contributed by atoms with Crippen LogP contribution in [0.5, 0.6) is 0 Å². The number of halogens is 1. The highest BCUT2D eigenvalue weighted by atomic mass is 19.1. The fourth-order valence-electron chi connectivity index (χ4n) is 2.17. The Kier molecular flexibility index (Phi) is 5.48. The molecule has 0 aliphatic rings. The van der Waals surface area contributed by atoms with E-state index in [9.17, 15) is 14.3 Å². The first-order valence-corrected chi connectivity index (χ1v) is 6.64. The molecule has 0 saturated heterocycles. The first-order chi connectivity index (χ1) is 8.95. The molecule has 0 atom stereocenters. The maximum absolute atomic E-state index is 13.0. The molecule has 19 heavy (non-hydrogen) atoms. The highest BCUT2D eigenvalue weighted by molar-refractivity contribution is 5.74. The fraction of sp³-hybridized carbons (Fsp3) is 0.533. The van der Waals surface area contributed by atoms with Crippen LogP contribution in [-0.2, 0) is 11.3 Å². The minimum atomic E-state index is -0.763. The van der Waals surface area contributed by atoms with Crippen molar-refractivity contribution in [2.75, 3.05) is 6.54 Å². The highest BCUT2D eigenvalue weighted by Crippen LogP contribution is 2.25. The van der Waals surface area contributed by atoms with E-state index in [1.165, 1.54) is 12.1 Å². The first-order valence-electron chi connectivity index (χ1n) is 6.64. The number of carbonyl (C=O) groups is 1. The monoisotopic (exact) mass is 267 g/mol. The molecule has 0 unspecified atom stereocenters. The van der Waals surface area contributed by atoms with Gasteiger partial charge in [-0.3, -0.25) is 4.79 Å². The number of aryl methyl sites for hydroxylation is 1. The summed E-state index contributed by atoms with van der Waals surface area (Å²) in [5.41, 5.74) is 1.16. The molecule has 2 N–H and O–H groups in total. The van der Waals surface area contributed by atoms with Gasteiger partial charge < -0.3 is 10.4 Å². The van der Waals surface area contributed by atoms with Crippen LogP contribution in [0.25, 0.3) is 0 Å². The van der Waals surface area contributed by atoms with E-state index in [2.05, 4.69) is 5.32 Å². The van der Waals surface area contributed by atoms with Crippen LogP contribution in [0.2, 0.25) is 0 Å². The van der Waals surface area contributed by atoms with E-state index in [0.29, 0.717) is 25.9 Å². The molecule has 1 aromatic carbocycles. The number of benzene rings is 1. The maximum atomic E-state index is 13.0. The minimum absolute atomic E-state index is 0.247. The number of aliphatic carboxylic acids is 1. The van der Waals surface area contributed by atoms with Crippen LogP contribution in [-0.4, -0.2) is 17.6 Å². The molecular weight excluding hydrogens is 245 g/mol. The number of nitrogens with one attached hydrogen (secondary N) is 1. The second-order valence-corrected chi connectivity index (χ2v) is 4.97. The molecule has 0 radical (unpaired) electrons. The van der Waals surface area contributed by atoms with Crippen molar-refractivity contribution in [1.29, 1.82) is 0 Å². The van der Waals surface area contributed by atoms with Crippen LogP contribution in [0, 0.1) is 18.2 Å². The van der Waals surface area contributed by atoms with Crippen molar-refractivity contribution in [3.05, 3.63) is 35.1 Å². The topological polar surface area (TPSA) is 49.3 Å². The molecule has 4 heteroatoms. The molecule has 1 aromatic rings. The molecule has 1 rings (SSSR count). The first kappa shape index (κ1) is 15.6. The molecule has 106 valence electrons. The van der Waals surface area contributed by atoms with Crippen LogP contribution in [0.4, 0.5) is 4.39 Å². The average molecular weight is 267 g/mol. The van der Waals surface area contributed by atoms with Crippen molar-refractivity contribution >= 4 is 5.97 Å². The highest BCUT2D eigenvalue weighted by Gasteiger charge is 2.34. The molecule has 0 bridgehead atoms. The normalized spacial score (nSPS) is 11.6. The average Bonchev–Trinajstić information content (AvgIpc) is 2.37. The number of carboxylic acid groups (broad SMARTS) is 1. The van der Waals surface area contributed by atoms with Gasteiger partial charge in [0.15, 0.2) is 0 Å². The second kappa shape index (κ2) is 6.66. The van der Waals surface area contributed by atoms with Crippen molar-refractivity contribution in [1.82, 2.24) is 5.32 Å². The molecule has 0 aliphatic heterocycles. The van der Waals surface area contributed by atoms with E-state index in [-0.39, 0.29) is 5.82 Å². The van der Waals surface area contributed by atoms with E-state index >= 15 is 0 Å². The number of hydrogen-bond acceptors (Lipinski definition) is 2. The predicted molar refractivity (Wildman–Crippen MR) is 73.5 cm³/mol. The number of carboxylic acids is 1. The third-order valence-corrected chi connectivity index (χ3v) is 3.89. The van der Waals surface area contributed by atoms with Gasteiger partial charge in [0, 0.05) is 13.1 Å². The lowest BCUT2D eigenvalue weighted by atomic mass is 9.82. The summed E-state index contributed by atoms with van der Waals surface area (Å²) in [5.74, 6) is -1.01. The molecule has 0 aliphatic carbocycles. The summed E-state index contributed by atoms with van der Waals surface area (Å²) in [7, 11) is 0. The zero-order chi connectivity index (χ0) is 14.5. The third-order valence-electron chi connectivity index (χ3n) is 3.89. The van der Waals surface area contributed by atoms with Crippen LogP contribution < -0.4 is 5.32 Å². The molecular formula is C15H22FNO2. The molecule has 0 saturated carbocycles. The van der Waals surface area contributed by atoms with Gasteiger partial charge in [0.1, 0.15) is 5.82 Å². The lowest BCUT2D eigenvalue weighted by Crippen LogP contribution is -2.40. The largest absolute Gasteiger partial charge is 0.481 e. The van der Waals surface area contributed by atoms with Gasteiger partial charge in [-0.1, -0.05) is 19.9 Å². The van der Waals surface area contributed by atoms with Gasteiger partial charge in [0.2, 0.25) is 0 Å². The number of hydrogen-bond donors (Lipinski definition) is 2. The molecule has 3 nitrogen and oxygen atoms in total. The van der Waals surface area contributed by atoms with Gasteiger partial charge in [0.25, 0.3) is 0 Å². The van der Waals surface area contributed by atoms with E-state index < -0.39 is 11.4 Å². The van der Waals surface area contributed by atoms with E-state index in [1.807, 2.05) is 20.8 Å². The van der Waals surface area contributed by atoms with Crippen molar-refractivity contribution in [2.45, 2.75) is 40.2 Å². The Hall–Kier alpha value is -1.42. The Bertz CT molecular complexity index is 442. The lowest BCUT2D eigenvalue weighted by Gasteiger charge is -2.27. The van der Waals surface area contributed by atoms with E-state index in [1.54, 1.807) is 6.07 Å². The Morgan fingerprint density at radius 1 is 1.37 bits per heavy atom. The van der Waals surface area contributed by atoms with Gasteiger partial charge in [-0.15, -0.1) is 0 Å². The number of rotatable bonds is 7. The summed E-state index contributed by atoms with van der Waals surface area (Å²) in [6, 6.07) is 4.65. The maximum Gasteiger partial charge on any atom is 0.310 e. The predicted octanol–water partition coefficient (Wildman–Crippen LogP) is 3.11.